The summed E-state index contributed by atoms with van der Waals surface area (Å²) < 4.78 is 39.5. The predicted octanol–water partition coefficient (Wildman–Crippen LogP) is 4.22. The highest BCUT2D eigenvalue weighted by Crippen LogP contribution is 2.37. The zero-order chi connectivity index (χ0) is 16.4. The summed E-state index contributed by atoms with van der Waals surface area (Å²) in [6, 6.07) is 9.29. The molecule has 0 radical (unpaired) electrons. The van der Waals surface area contributed by atoms with Gasteiger partial charge in [0.1, 0.15) is 11.1 Å². The smallest absolute Gasteiger partial charge is 0.238 e. The number of carbonyl (C=O) groups is 1. The molecule has 0 aliphatic heterocycles. The molecule has 0 saturated heterocycles. The average molecular weight is 337 g/mol. The quantitative estimate of drug-likeness (QED) is 0.828. The first-order valence-electron chi connectivity index (χ1n) is 7.20. The number of amides is 1. The molecule has 2 aromatic rings. The third kappa shape index (κ3) is 4.07. The minimum atomic E-state index is -0.963. The van der Waals surface area contributed by atoms with Crippen LogP contribution in [0.3, 0.4) is 0 Å². The lowest BCUT2D eigenvalue weighted by atomic mass is 10.1. The molecule has 2 aromatic carbocycles. The number of nitrogens with one attached hydrogen (secondary N) is 1. The van der Waals surface area contributed by atoms with Gasteiger partial charge in [-0.25, -0.2) is 13.2 Å². The summed E-state index contributed by atoms with van der Waals surface area (Å²) in [5.41, 5.74) is 0.610. The van der Waals surface area contributed by atoms with Gasteiger partial charge in [0, 0.05) is 10.9 Å². The van der Waals surface area contributed by atoms with E-state index in [-0.39, 0.29) is 11.9 Å². The molecular weight excluding hydrogens is 323 g/mol. The highest BCUT2D eigenvalue weighted by molar-refractivity contribution is 8.00. The van der Waals surface area contributed by atoms with E-state index in [2.05, 4.69) is 5.32 Å². The lowest BCUT2D eigenvalue weighted by Crippen LogP contribution is -2.29. The molecule has 2 nitrogen and oxygen atoms in total. The first kappa shape index (κ1) is 15.9. The molecule has 0 aromatic heterocycles. The zero-order valence-corrected chi connectivity index (χ0v) is 12.9. The Kier molecular flexibility index (Phi) is 4.61. The summed E-state index contributed by atoms with van der Waals surface area (Å²) in [5, 5.41) is 2.24. The number of thioether (sulfide) groups is 1. The van der Waals surface area contributed by atoms with Crippen molar-refractivity contribution in [1.29, 1.82) is 0 Å². The molecule has 1 amide bonds. The first-order valence-corrected chi connectivity index (χ1v) is 8.08. The minimum absolute atomic E-state index is 0.177. The molecule has 23 heavy (non-hydrogen) atoms. The Balaban J connectivity index is 1.85. The molecule has 1 aliphatic carbocycles. The second-order valence-electron chi connectivity index (χ2n) is 5.41. The van der Waals surface area contributed by atoms with E-state index in [1.165, 1.54) is 30.3 Å². The van der Waals surface area contributed by atoms with Crippen molar-refractivity contribution in [2.75, 3.05) is 0 Å². The van der Waals surface area contributed by atoms with Gasteiger partial charge in [-0.2, -0.15) is 0 Å². The van der Waals surface area contributed by atoms with E-state index >= 15 is 0 Å². The number of halogens is 3. The molecule has 120 valence electrons. The van der Waals surface area contributed by atoms with Crippen molar-refractivity contribution < 1.29 is 18.0 Å². The predicted molar refractivity (Wildman–Crippen MR) is 82.5 cm³/mol. The van der Waals surface area contributed by atoms with E-state index in [0.717, 1.165) is 36.7 Å². The van der Waals surface area contributed by atoms with Gasteiger partial charge in [0.05, 0.1) is 0 Å². The average Bonchev–Trinajstić information content (AvgIpc) is 3.33. The first-order chi connectivity index (χ1) is 11.0. The third-order valence-corrected chi connectivity index (χ3v) is 4.73. The summed E-state index contributed by atoms with van der Waals surface area (Å²) >= 11 is 1.11. The summed E-state index contributed by atoms with van der Waals surface area (Å²) in [6.45, 7) is 0. The Bertz CT molecular complexity index is 716. The molecule has 1 fully saturated rings. The summed E-state index contributed by atoms with van der Waals surface area (Å²) in [7, 11) is 0. The van der Waals surface area contributed by atoms with Crippen LogP contribution >= 0.6 is 11.8 Å². The van der Waals surface area contributed by atoms with E-state index in [1.54, 1.807) is 0 Å². The Morgan fingerprint density at radius 1 is 1.04 bits per heavy atom. The second-order valence-corrected chi connectivity index (χ2v) is 6.59. The van der Waals surface area contributed by atoms with E-state index < -0.39 is 22.7 Å². The van der Waals surface area contributed by atoms with E-state index in [4.69, 9.17) is 0 Å². The van der Waals surface area contributed by atoms with Gasteiger partial charge in [-0.1, -0.05) is 12.1 Å². The Hall–Kier alpha value is -1.95. The van der Waals surface area contributed by atoms with E-state index in [1.807, 2.05) is 0 Å². The second kappa shape index (κ2) is 6.66. The summed E-state index contributed by atoms with van der Waals surface area (Å²) in [4.78, 5) is 12.9. The Labute approximate surface area is 136 Å². The number of carbonyl (C=O) groups excluding carboxylic acids is 1. The van der Waals surface area contributed by atoms with E-state index in [0.29, 0.717) is 10.5 Å². The van der Waals surface area contributed by atoms with Gasteiger partial charge in [0.25, 0.3) is 0 Å². The van der Waals surface area contributed by atoms with Crippen LogP contribution in [-0.4, -0.2) is 11.9 Å². The van der Waals surface area contributed by atoms with Crippen molar-refractivity contribution in [3.05, 3.63) is 65.5 Å². The van der Waals surface area contributed by atoms with Crippen molar-refractivity contribution >= 4 is 17.7 Å². The van der Waals surface area contributed by atoms with Crippen molar-refractivity contribution in [1.82, 2.24) is 5.32 Å². The minimum Gasteiger partial charge on any atom is -0.352 e. The van der Waals surface area contributed by atoms with Crippen molar-refractivity contribution in [3.63, 3.8) is 0 Å². The molecule has 1 saturated carbocycles. The maximum Gasteiger partial charge on any atom is 0.238 e. The maximum absolute atomic E-state index is 13.4. The summed E-state index contributed by atoms with van der Waals surface area (Å²) in [6.07, 6.45) is 1.88. The maximum atomic E-state index is 13.4. The fourth-order valence-electron chi connectivity index (χ4n) is 2.10. The third-order valence-electron chi connectivity index (χ3n) is 3.48. The molecule has 0 heterocycles. The zero-order valence-electron chi connectivity index (χ0n) is 12.1. The van der Waals surface area contributed by atoms with Crippen LogP contribution in [0.5, 0.6) is 0 Å². The van der Waals surface area contributed by atoms with Crippen LogP contribution in [0.25, 0.3) is 0 Å². The largest absolute Gasteiger partial charge is 0.352 e. The van der Waals surface area contributed by atoms with Crippen LogP contribution in [0.4, 0.5) is 13.2 Å². The highest BCUT2D eigenvalue weighted by atomic mass is 32.2. The molecule has 1 aliphatic rings. The van der Waals surface area contributed by atoms with Crippen molar-refractivity contribution in [3.8, 4) is 0 Å². The fourth-order valence-corrected chi connectivity index (χ4v) is 3.16. The van der Waals surface area contributed by atoms with Gasteiger partial charge < -0.3 is 5.32 Å². The topological polar surface area (TPSA) is 29.1 Å². The molecule has 3 rings (SSSR count). The number of hydrogen-bond donors (Lipinski definition) is 1. The molecule has 0 spiro atoms. The van der Waals surface area contributed by atoms with Crippen molar-refractivity contribution in [2.45, 2.75) is 29.0 Å². The highest BCUT2D eigenvalue weighted by Gasteiger charge is 2.29. The summed E-state index contributed by atoms with van der Waals surface area (Å²) in [5.74, 6) is -2.51. The van der Waals surface area contributed by atoms with Gasteiger partial charge >= 0.3 is 0 Å². The van der Waals surface area contributed by atoms with Crippen molar-refractivity contribution in [2.24, 2.45) is 0 Å². The number of rotatable bonds is 5. The van der Waals surface area contributed by atoms with Crippen LogP contribution in [-0.2, 0) is 4.79 Å². The molecule has 1 atom stereocenters. The van der Waals surface area contributed by atoms with Gasteiger partial charge in [-0.15, -0.1) is 11.8 Å². The van der Waals surface area contributed by atoms with Gasteiger partial charge in [0.15, 0.2) is 11.6 Å². The van der Waals surface area contributed by atoms with Gasteiger partial charge in [-0.3, -0.25) is 4.79 Å². The molecule has 1 N–H and O–H groups in total. The van der Waals surface area contributed by atoms with E-state index in [9.17, 15) is 18.0 Å². The number of hydrogen-bond acceptors (Lipinski definition) is 2. The molecule has 0 bridgehead atoms. The molecular formula is C17H14F3NOS. The Morgan fingerprint density at radius 2 is 1.74 bits per heavy atom. The lowest BCUT2D eigenvalue weighted by molar-refractivity contribution is -0.120. The van der Waals surface area contributed by atoms with Crippen LogP contribution in [0.15, 0.2) is 47.4 Å². The normalized spacial score (nSPS) is 15.3. The van der Waals surface area contributed by atoms with Crippen LogP contribution in [0, 0.1) is 17.5 Å². The fraction of sp³-hybridized carbons (Fsp3) is 0.235. The molecule has 1 unspecified atom stereocenters. The Morgan fingerprint density at radius 3 is 2.35 bits per heavy atom. The monoisotopic (exact) mass is 337 g/mol. The standard InChI is InChI=1S/C17H14F3NOS/c18-11-3-1-10(2-4-11)16(17(22)21-12-5-6-12)23-13-7-8-14(19)15(20)9-13/h1-4,7-9,12,16H,5-6H2,(H,21,22). The van der Waals surface area contributed by atoms with Gasteiger partial charge in [-0.05, 0) is 48.7 Å². The van der Waals surface area contributed by atoms with Crippen LogP contribution in [0.2, 0.25) is 0 Å². The number of benzene rings is 2. The van der Waals surface area contributed by atoms with Gasteiger partial charge in [0.2, 0.25) is 5.91 Å². The van der Waals surface area contributed by atoms with Crippen LogP contribution < -0.4 is 5.32 Å². The van der Waals surface area contributed by atoms with Crippen LogP contribution in [0.1, 0.15) is 23.7 Å². The SMILES string of the molecule is O=C(NC1CC1)C(Sc1ccc(F)c(F)c1)c1ccc(F)cc1. The molecule has 6 heteroatoms. The lowest BCUT2D eigenvalue weighted by Gasteiger charge is -2.17.